The average Bonchev–Trinajstić information content (AvgIpc) is 2.27. The summed E-state index contributed by atoms with van der Waals surface area (Å²) in [5, 5.41) is 12.2. The van der Waals surface area contributed by atoms with E-state index in [1.165, 1.54) is 0 Å². The van der Waals surface area contributed by atoms with E-state index in [0.29, 0.717) is 16.1 Å². The van der Waals surface area contributed by atoms with E-state index in [9.17, 15) is 14.7 Å². The van der Waals surface area contributed by atoms with E-state index in [4.69, 9.17) is 11.6 Å². The van der Waals surface area contributed by atoms with Gasteiger partial charge >= 0.3 is 5.97 Å². The second-order valence-corrected chi connectivity index (χ2v) is 5.93. The van der Waals surface area contributed by atoms with Gasteiger partial charge in [-0.3, -0.25) is 4.79 Å². The van der Waals surface area contributed by atoms with Gasteiger partial charge in [0.1, 0.15) is 6.04 Å². The Morgan fingerprint density at radius 3 is 2.37 bits per heavy atom. The summed E-state index contributed by atoms with van der Waals surface area (Å²) in [5.74, 6) is -1.48. The molecule has 0 spiro atoms. The van der Waals surface area contributed by atoms with Crippen molar-refractivity contribution in [1.82, 2.24) is 5.32 Å². The molecule has 0 fully saturated rings. The van der Waals surface area contributed by atoms with Crippen molar-refractivity contribution in [3.63, 3.8) is 0 Å². The summed E-state index contributed by atoms with van der Waals surface area (Å²) in [6.45, 7) is 7.01. The maximum atomic E-state index is 12.1. The third kappa shape index (κ3) is 3.70. The normalized spacial score (nSPS) is 12.9. The number of aliphatic carboxylic acids is 1. The van der Waals surface area contributed by atoms with Crippen LogP contribution in [0.3, 0.4) is 0 Å². The van der Waals surface area contributed by atoms with Crippen molar-refractivity contribution in [3.05, 3.63) is 34.3 Å². The number of hydrogen-bond donors (Lipinski definition) is 2. The van der Waals surface area contributed by atoms with Gasteiger partial charge in [-0.1, -0.05) is 38.4 Å². The van der Waals surface area contributed by atoms with Gasteiger partial charge in [-0.2, -0.15) is 0 Å². The Bertz CT molecular complexity index is 506. The number of amides is 1. The zero-order valence-electron chi connectivity index (χ0n) is 11.5. The SMILES string of the molecule is Cc1c(Cl)cccc1C(=O)NC(C(=O)O)C(C)(C)C. The summed E-state index contributed by atoms with van der Waals surface area (Å²) in [6.07, 6.45) is 0. The lowest BCUT2D eigenvalue weighted by Crippen LogP contribution is -2.49. The maximum Gasteiger partial charge on any atom is 0.326 e. The Labute approximate surface area is 117 Å². The summed E-state index contributed by atoms with van der Waals surface area (Å²) in [5.41, 5.74) is 0.455. The molecule has 1 aromatic rings. The number of carboxylic acid groups (broad SMARTS) is 1. The fourth-order valence-corrected chi connectivity index (χ4v) is 1.89. The molecule has 0 saturated heterocycles. The minimum absolute atomic E-state index is 0.392. The molecule has 2 N–H and O–H groups in total. The van der Waals surface area contributed by atoms with Crippen LogP contribution < -0.4 is 5.32 Å². The van der Waals surface area contributed by atoms with Crippen molar-refractivity contribution in [1.29, 1.82) is 0 Å². The van der Waals surface area contributed by atoms with Crippen LogP contribution in [0, 0.1) is 12.3 Å². The van der Waals surface area contributed by atoms with E-state index < -0.39 is 23.3 Å². The fraction of sp³-hybridized carbons (Fsp3) is 0.429. The molecule has 5 heteroatoms. The van der Waals surface area contributed by atoms with Crippen molar-refractivity contribution in [2.45, 2.75) is 33.7 Å². The van der Waals surface area contributed by atoms with Crippen molar-refractivity contribution < 1.29 is 14.7 Å². The molecule has 104 valence electrons. The lowest BCUT2D eigenvalue weighted by molar-refractivity contribution is -0.142. The zero-order chi connectivity index (χ0) is 14.8. The highest BCUT2D eigenvalue weighted by atomic mass is 35.5. The Balaban J connectivity index is 3.02. The van der Waals surface area contributed by atoms with Gasteiger partial charge in [-0.05, 0) is 30.0 Å². The monoisotopic (exact) mass is 283 g/mol. The standard InChI is InChI=1S/C14H18ClNO3/c1-8-9(6-5-7-10(8)15)12(17)16-11(13(18)19)14(2,3)4/h5-7,11H,1-4H3,(H,16,17)(H,18,19). The van der Waals surface area contributed by atoms with Gasteiger partial charge in [0.2, 0.25) is 0 Å². The fourth-order valence-electron chi connectivity index (χ4n) is 1.71. The molecule has 0 saturated carbocycles. The van der Waals surface area contributed by atoms with Crippen molar-refractivity contribution in [3.8, 4) is 0 Å². The Morgan fingerprint density at radius 2 is 1.89 bits per heavy atom. The van der Waals surface area contributed by atoms with Crippen LogP contribution in [0.2, 0.25) is 5.02 Å². The predicted molar refractivity (Wildman–Crippen MR) is 74.5 cm³/mol. The topological polar surface area (TPSA) is 66.4 Å². The molecular weight excluding hydrogens is 266 g/mol. The molecule has 0 aliphatic heterocycles. The maximum absolute atomic E-state index is 12.1. The number of rotatable bonds is 3. The molecule has 1 aromatic carbocycles. The zero-order valence-corrected chi connectivity index (χ0v) is 12.2. The van der Waals surface area contributed by atoms with Gasteiger partial charge in [0.05, 0.1) is 0 Å². The summed E-state index contributed by atoms with van der Waals surface area (Å²) in [7, 11) is 0. The van der Waals surface area contributed by atoms with Crippen molar-refractivity contribution in [2.75, 3.05) is 0 Å². The van der Waals surface area contributed by atoms with Gasteiger partial charge in [-0.15, -0.1) is 0 Å². The summed E-state index contributed by atoms with van der Waals surface area (Å²) < 4.78 is 0. The van der Waals surface area contributed by atoms with E-state index in [-0.39, 0.29) is 0 Å². The second-order valence-electron chi connectivity index (χ2n) is 5.52. The molecule has 0 aliphatic carbocycles. The predicted octanol–water partition coefficient (Wildman–Crippen LogP) is 2.88. The third-order valence-corrected chi connectivity index (χ3v) is 3.31. The van der Waals surface area contributed by atoms with Crippen molar-refractivity contribution in [2.24, 2.45) is 5.41 Å². The van der Waals surface area contributed by atoms with E-state index in [1.807, 2.05) is 0 Å². The van der Waals surface area contributed by atoms with E-state index in [1.54, 1.807) is 45.9 Å². The lowest BCUT2D eigenvalue weighted by atomic mass is 9.86. The number of carboxylic acids is 1. The van der Waals surface area contributed by atoms with Gasteiger partial charge in [0.15, 0.2) is 0 Å². The quantitative estimate of drug-likeness (QED) is 0.896. The smallest absolute Gasteiger partial charge is 0.326 e. The minimum atomic E-state index is -1.06. The molecular formula is C14H18ClNO3. The number of halogens is 1. The molecule has 4 nitrogen and oxygen atoms in total. The van der Waals surface area contributed by atoms with E-state index >= 15 is 0 Å². The number of benzene rings is 1. The molecule has 0 radical (unpaired) electrons. The molecule has 0 aromatic heterocycles. The van der Waals surface area contributed by atoms with Gasteiger partial charge in [-0.25, -0.2) is 4.79 Å². The van der Waals surface area contributed by atoms with Crippen LogP contribution in [-0.2, 0) is 4.79 Å². The molecule has 1 atom stereocenters. The molecule has 19 heavy (non-hydrogen) atoms. The molecule has 0 aliphatic rings. The first kappa shape index (κ1) is 15.5. The van der Waals surface area contributed by atoms with Gasteiger partial charge in [0.25, 0.3) is 5.91 Å². The van der Waals surface area contributed by atoms with Crippen LogP contribution >= 0.6 is 11.6 Å². The first-order valence-corrected chi connectivity index (χ1v) is 6.31. The lowest BCUT2D eigenvalue weighted by Gasteiger charge is -2.28. The number of carbonyl (C=O) groups excluding carboxylic acids is 1. The van der Waals surface area contributed by atoms with Crippen LogP contribution in [0.15, 0.2) is 18.2 Å². The number of carbonyl (C=O) groups is 2. The highest BCUT2D eigenvalue weighted by molar-refractivity contribution is 6.31. The molecule has 0 heterocycles. The molecule has 0 bridgehead atoms. The summed E-state index contributed by atoms with van der Waals surface area (Å²) >= 11 is 5.95. The first-order chi connectivity index (χ1) is 8.64. The first-order valence-electron chi connectivity index (χ1n) is 5.93. The van der Waals surface area contributed by atoms with Crippen molar-refractivity contribution >= 4 is 23.5 Å². The number of hydrogen-bond acceptors (Lipinski definition) is 2. The van der Waals surface area contributed by atoms with E-state index in [2.05, 4.69) is 5.32 Å². The summed E-state index contributed by atoms with van der Waals surface area (Å²) in [6, 6.07) is 4.01. The third-order valence-electron chi connectivity index (χ3n) is 2.90. The van der Waals surface area contributed by atoms with Crippen LogP contribution in [0.4, 0.5) is 0 Å². The Kier molecular flexibility index (Phi) is 4.58. The van der Waals surface area contributed by atoms with Gasteiger partial charge in [0, 0.05) is 10.6 Å². The van der Waals surface area contributed by atoms with Crippen LogP contribution in [-0.4, -0.2) is 23.0 Å². The minimum Gasteiger partial charge on any atom is -0.480 e. The number of nitrogens with one attached hydrogen (secondary N) is 1. The highest BCUT2D eigenvalue weighted by Gasteiger charge is 2.33. The van der Waals surface area contributed by atoms with Crippen LogP contribution in [0.5, 0.6) is 0 Å². The molecule has 1 amide bonds. The highest BCUT2D eigenvalue weighted by Crippen LogP contribution is 2.22. The Hall–Kier alpha value is -1.55. The van der Waals surface area contributed by atoms with Crippen LogP contribution in [0.25, 0.3) is 0 Å². The average molecular weight is 284 g/mol. The Morgan fingerprint density at radius 1 is 1.32 bits per heavy atom. The molecule has 1 unspecified atom stereocenters. The second kappa shape index (κ2) is 5.61. The summed E-state index contributed by atoms with van der Waals surface area (Å²) in [4.78, 5) is 23.4. The van der Waals surface area contributed by atoms with E-state index in [0.717, 1.165) is 0 Å². The van der Waals surface area contributed by atoms with Gasteiger partial charge < -0.3 is 10.4 Å². The largest absolute Gasteiger partial charge is 0.480 e. The van der Waals surface area contributed by atoms with Crippen LogP contribution in [0.1, 0.15) is 36.7 Å². The molecule has 1 rings (SSSR count).